The fourth-order valence-electron chi connectivity index (χ4n) is 4.04. The minimum Gasteiger partial charge on any atom is -0.390 e. The second kappa shape index (κ2) is 7.70. The summed E-state index contributed by atoms with van der Waals surface area (Å²) in [6.07, 6.45) is 1.94. The van der Waals surface area contributed by atoms with Crippen molar-refractivity contribution in [3.63, 3.8) is 0 Å². The number of aliphatic hydroxyl groups excluding tert-OH is 1. The van der Waals surface area contributed by atoms with E-state index in [2.05, 4.69) is 14.7 Å². The quantitative estimate of drug-likeness (QED) is 0.660. The fourth-order valence-corrected chi connectivity index (χ4v) is 4.04. The minimum atomic E-state index is -0.206. The number of piperidine rings is 1. The first-order valence-corrected chi connectivity index (χ1v) is 9.69. The average Bonchev–Trinajstić information content (AvgIpc) is 2.98. The highest BCUT2D eigenvalue weighted by Gasteiger charge is 2.24. The van der Waals surface area contributed by atoms with Gasteiger partial charge in [-0.1, -0.05) is 24.3 Å². The number of hydrogen-bond acceptors (Lipinski definition) is 5. The minimum absolute atomic E-state index is 0.0660. The van der Waals surface area contributed by atoms with Gasteiger partial charge in [0.1, 0.15) is 5.52 Å². The van der Waals surface area contributed by atoms with Gasteiger partial charge in [-0.05, 0) is 24.5 Å². The van der Waals surface area contributed by atoms with Crippen molar-refractivity contribution >= 4 is 22.5 Å². The van der Waals surface area contributed by atoms with Crippen molar-refractivity contribution in [2.24, 2.45) is 12.8 Å². The van der Waals surface area contributed by atoms with E-state index in [1.165, 1.54) is 4.57 Å². The molecule has 8 heteroatoms. The maximum absolute atomic E-state index is 13.1. The number of pyridine rings is 1. The van der Waals surface area contributed by atoms with E-state index >= 15 is 0 Å². The van der Waals surface area contributed by atoms with Crippen LogP contribution in [0.5, 0.6) is 0 Å². The first kappa shape index (κ1) is 19.2. The van der Waals surface area contributed by atoms with E-state index in [0.717, 1.165) is 30.6 Å². The lowest BCUT2D eigenvalue weighted by atomic mass is 10.1. The lowest BCUT2D eigenvalue weighted by Crippen LogP contribution is -2.43. The van der Waals surface area contributed by atoms with Crippen molar-refractivity contribution in [1.82, 2.24) is 14.1 Å². The third-order valence-corrected chi connectivity index (χ3v) is 5.51. The molecule has 4 rings (SSSR count). The number of fused-ring (bicyclic) bond motifs is 1. The van der Waals surface area contributed by atoms with Gasteiger partial charge in [0.15, 0.2) is 11.3 Å². The summed E-state index contributed by atoms with van der Waals surface area (Å²) in [4.78, 5) is 23.4. The number of nitrogens with two attached hydrogens (primary N) is 1. The molecule has 3 heterocycles. The molecule has 1 aliphatic rings. The second-order valence-corrected chi connectivity index (χ2v) is 7.48. The first-order chi connectivity index (χ1) is 14.0. The van der Waals surface area contributed by atoms with Gasteiger partial charge < -0.3 is 15.7 Å². The molecule has 150 valence electrons. The molecule has 1 atom stereocenters. The predicted octanol–water partition coefficient (Wildman–Crippen LogP) is 1.75. The Bertz CT molecular complexity index is 1160. The van der Waals surface area contributed by atoms with E-state index in [0.29, 0.717) is 29.1 Å². The number of aryl methyl sites for hydroxylation is 1. The van der Waals surface area contributed by atoms with Crippen molar-refractivity contribution in [3.05, 3.63) is 63.5 Å². The van der Waals surface area contributed by atoms with Crippen LogP contribution < -0.4 is 16.3 Å². The zero-order valence-electron chi connectivity index (χ0n) is 16.4. The summed E-state index contributed by atoms with van der Waals surface area (Å²) in [5, 5.41) is 9.71. The van der Waals surface area contributed by atoms with Crippen LogP contribution in [0.3, 0.4) is 0 Å². The molecule has 1 aliphatic heterocycles. The molecule has 0 radical (unpaired) electrons. The third kappa shape index (κ3) is 3.39. The Balaban J connectivity index is 1.94. The highest BCUT2D eigenvalue weighted by atomic mass is 16.3. The molecule has 0 amide bonds. The van der Waals surface area contributed by atoms with Gasteiger partial charge in [-0.25, -0.2) is 14.6 Å². The van der Waals surface area contributed by atoms with Crippen LogP contribution in [-0.4, -0.2) is 38.4 Å². The van der Waals surface area contributed by atoms with Crippen LogP contribution in [0.4, 0.5) is 11.4 Å². The van der Waals surface area contributed by atoms with E-state index in [1.54, 1.807) is 17.7 Å². The lowest BCUT2D eigenvalue weighted by Gasteiger charge is -2.33. The summed E-state index contributed by atoms with van der Waals surface area (Å²) < 4.78 is 3.17. The molecule has 0 bridgehead atoms. The second-order valence-electron chi connectivity index (χ2n) is 7.48. The van der Waals surface area contributed by atoms with Crippen LogP contribution in [-0.2, 0) is 20.2 Å². The smallest absolute Gasteiger partial charge is 0.330 e. The third-order valence-electron chi connectivity index (χ3n) is 5.51. The maximum atomic E-state index is 13.1. The molecule has 0 unspecified atom stereocenters. The van der Waals surface area contributed by atoms with Crippen molar-refractivity contribution in [2.75, 3.05) is 18.0 Å². The van der Waals surface area contributed by atoms with E-state index in [9.17, 15) is 9.90 Å². The Hall–Kier alpha value is -3.15. The normalized spacial score (nSPS) is 16.9. The zero-order valence-corrected chi connectivity index (χ0v) is 16.4. The molecule has 3 aromatic rings. The molecule has 0 spiro atoms. The molecular weight excluding hydrogens is 368 g/mol. The topological polar surface area (TPSA) is 93.7 Å². The monoisotopic (exact) mass is 392 g/mol. The van der Waals surface area contributed by atoms with Crippen LogP contribution in [0.1, 0.15) is 24.1 Å². The summed E-state index contributed by atoms with van der Waals surface area (Å²) in [6, 6.07) is 9.22. The number of rotatable bonds is 4. The number of para-hydroxylation sites is 1. The van der Waals surface area contributed by atoms with E-state index in [1.807, 2.05) is 24.3 Å². The number of aliphatic hydroxyl groups is 1. The summed E-state index contributed by atoms with van der Waals surface area (Å²) in [5.41, 5.74) is 9.91. The Morgan fingerprint density at radius 2 is 2.17 bits per heavy atom. The molecule has 0 saturated carbocycles. The predicted molar refractivity (Wildman–Crippen MR) is 112 cm³/mol. The van der Waals surface area contributed by atoms with Crippen molar-refractivity contribution in [3.8, 4) is 0 Å². The Morgan fingerprint density at radius 1 is 1.38 bits per heavy atom. The Labute approximate surface area is 168 Å². The van der Waals surface area contributed by atoms with Crippen LogP contribution in [0, 0.1) is 6.57 Å². The maximum Gasteiger partial charge on any atom is 0.330 e. The van der Waals surface area contributed by atoms with Gasteiger partial charge in [0.05, 0.1) is 24.6 Å². The molecular formula is C21H24N6O2. The number of imidazole rings is 1. The average molecular weight is 392 g/mol. The lowest BCUT2D eigenvalue weighted by molar-refractivity contribution is 0.277. The summed E-state index contributed by atoms with van der Waals surface area (Å²) >= 11 is 0. The van der Waals surface area contributed by atoms with Gasteiger partial charge in [0.2, 0.25) is 0 Å². The number of hydrogen-bond donors (Lipinski definition) is 2. The van der Waals surface area contributed by atoms with Crippen molar-refractivity contribution < 1.29 is 5.11 Å². The standard InChI is InChI=1S/C21H24N6O2/c1-23-17-8-4-3-6-14(17)11-27-19-18(26-9-5-7-15(22)12-26)10-16(13-28)24-20(19)25(2)21(27)29/h3-4,6,8,10,15,28H,5,7,9,11-13,22H2,2H3/t15-/m1/s1. The molecule has 29 heavy (non-hydrogen) atoms. The van der Waals surface area contributed by atoms with E-state index in [-0.39, 0.29) is 24.9 Å². The van der Waals surface area contributed by atoms with Crippen molar-refractivity contribution in [1.29, 1.82) is 0 Å². The largest absolute Gasteiger partial charge is 0.390 e. The number of nitrogens with zero attached hydrogens (tertiary/aromatic N) is 5. The first-order valence-electron chi connectivity index (χ1n) is 9.69. The summed E-state index contributed by atoms with van der Waals surface area (Å²) in [6.45, 7) is 9.01. The Morgan fingerprint density at radius 3 is 2.90 bits per heavy atom. The van der Waals surface area contributed by atoms with Crippen LogP contribution >= 0.6 is 0 Å². The van der Waals surface area contributed by atoms with Crippen molar-refractivity contribution in [2.45, 2.75) is 32.0 Å². The molecule has 3 N–H and O–H groups in total. The number of aromatic nitrogens is 3. The van der Waals surface area contributed by atoms with Gasteiger partial charge in [0, 0.05) is 32.7 Å². The Kier molecular flexibility index (Phi) is 5.09. The number of benzene rings is 1. The molecule has 8 nitrogen and oxygen atoms in total. The van der Waals surface area contributed by atoms with Gasteiger partial charge in [-0.15, -0.1) is 0 Å². The van der Waals surface area contributed by atoms with Gasteiger partial charge in [0.25, 0.3) is 0 Å². The van der Waals surface area contributed by atoms with Gasteiger partial charge >= 0.3 is 5.69 Å². The molecule has 1 fully saturated rings. The van der Waals surface area contributed by atoms with Crippen LogP contribution in [0.25, 0.3) is 16.0 Å². The summed E-state index contributed by atoms with van der Waals surface area (Å²) in [7, 11) is 1.68. The van der Waals surface area contributed by atoms with Gasteiger partial charge in [-0.2, -0.15) is 0 Å². The molecule has 2 aromatic heterocycles. The van der Waals surface area contributed by atoms with Crippen LogP contribution in [0.15, 0.2) is 35.1 Å². The molecule has 0 aliphatic carbocycles. The highest BCUT2D eigenvalue weighted by Crippen LogP contribution is 2.30. The zero-order chi connectivity index (χ0) is 20.5. The fraction of sp³-hybridized carbons (Fsp3) is 0.381. The van der Waals surface area contributed by atoms with Crippen LogP contribution in [0.2, 0.25) is 0 Å². The van der Waals surface area contributed by atoms with E-state index < -0.39 is 0 Å². The van der Waals surface area contributed by atoms with Gasteiger partial charge in [-0.3, -0.25) is 9.13 Å². The summed E-state index contributed by atoms with van der Waals surface area (Å²) in [5.74, 6) is 0. The SMILES string of the molecule is [C-]#[N+]c1ccccc1Cn1c(=O)n(C)c2nc(CO)cc(N3CCC[C@@H](N)C3)c21. The molecule has 1 aromatic carbocycles. The highest BCUT2D eigenvalue weighted by molar-refractivity contribution is 5.87. The van der Waals surface area contributed by atoms with E-state index in [4.69, 9.17) is 12.3 Å². The number of anilines is 1. The molecule has 1 saturated heterocycles.